The maximum Gasteiger partial charge on any atom is 0.289 e. The molecule has 0 fully saturated rings. The normalized spacial score (nSPS) is 10.9. The van der Waals surface area contributed by atoms with E-state index in [0.717, 1.165) is 24.2 Å². The summed E-state index contributed by atoms with van der Waals surface area (Å²) in [4.78, 5) is 12.3. The fourth-order valence-electron chi connectivity index (χ4n) is 2.52. The van der Waals surface area contributed by atoms with Crippen molar-refractivity contribution in [2.45, 2.75) is 19.8 Å². The molecule has 0 radical (unpaired) electrons. The van der Waals surface area contributed by atoms with Crippen molar-refractivity contribution in [3.8, 4) is 22.8 Å². The first kappa shape index (κ1) is 19.2. The van der Waals surface area contributed by atoms with Gasteiger partial charge in [-0.1, -0.05) is 37.6 Å². The van der Waals surface area contributed by atoms with Gasteiger partial charge >= 0.3 is 0 Å². The van der Waals surface area contributed by atoms with Crippen LogP contribution in [0.15, 0.2) is 59.7 Å². The number of aromatic nitrogens is 2. The van der Waals surface area contributed by atoms with Gasteiger partial charge in [0.1, 0.15) is 17.2 Å². The monoisotopic (exact) mass is 378 g/mol. The van der Waals surface area contributed by atoms with Crippen LogP contribution in [0.3, 0.4) is 0 Å². The van der Waals surface area contributed by atoms with Crippen molar-refractivity contribution >= 4 is 12.1 Å². The van der Waals surface area contributed by atoms with E-state index >= 15 is 0 Å². The highest BCUT2D eigenvalue weighted by molar-refractivity contribution is 5.94. The van der Waals surface area contributed by atoms with E-state index in [1.807, 2.05) is 24.3 Å². The average Bonchev–Trinajstić information content (AvgIpc) is 3.20. The highest BCUT2D eigenvalue weighted by Gasteiger charge is 2.13. The number of amides is 1. The van der Waals surface area contributed by atoms with E-state index in [-0.39, 0.29) is 11.4 Å². The van der Waals surface area contributed by atoms with Crippen molar-refractivity contribution in [2.24, 2.45) is 5.10 Å². The second-order valence-corrected chi connectivity index (χ2v) is 6.12. The lowest BCUT2D eigenvalue weighted by atomic mass is 10.1. The smallest absolute Gasteiger partial charge is 0.289 e. The molecular formula is C21H22N4O3. The summed E-state index contributed by atoms with van der Waals surface area (Å²) in [5, 5.41) is 20.5. The number of hydrogen-bond acceptors (Lipinski definition) is 5. The van der Waals surface area contributed by atoms with E-state index in [2.05, 4.69) is 27.6 Å². The molecule has 0 spiro atoms. The maximum atomic E-state index is 12.3. The molecule has 0 bridgehead atoms. The number of benzene rings is 2. The van der Waals surface area contributed by atoms with Crippen molar-refractivity contribution < 1.29 is 14.6 Å². The number of hydrazone groups is 1. The number of para-hydroxylation sites is 2. The van der Waals surface area contributed by atoms with E-state index in [0.29, 0.717) is 17.9 Å². The van der Waals surface area contributed by atoms with Crippen LogP contribution >= 0.6 is 0 Å². The number of H-pyrrole nitrogens is 1. The number of carbonyl (C=O) groups is 1. The molecule has 1 heterocycles. The van der Waals surface area contributed by atoms with E-state index in [1.165, 1.54) is 6.21 Å². The van der Waals surface area contributed by atoms with Gasteiger partial charge in [0.15, 0.2) is 0 Å². The third-order valence-electron chi connectivity index (χ3n) is 4.05. The van der Waals surface area contributed by atoms with E-state index in [4.69, 9.17) is 4.74 Å². The molecule has 7 nitrogen and oxygen atoms in total. The lowest BCUT2D eigenvalue weighted by Crippen LogP contribution is -2.18. The Hall–Kier alpha value is -3.61. The van der Waals surface area contributed by atoms with Crippen LogP contribution in [0.2, 0.25) is 0 Å². The Balaban J connectivity index is 1.68. The Morgan fingerprint density at radius 1 is 1.25 bits per heavy atom. The lowest BCUT2D eigenvalue weighted by Gasteiger charge is -2.09. The standard InChI is InChI=1S/C21H22N4O3/c1-2-3-12-28-20-11-7-5-9-16(20)17-13-18(24-23-17)21(27)25-22-14-15-8-4-6-10-19(15)26/h4-11,13-14,26H,2-3,12H2,1H3,(H,23,24)(H,25,27). The molecule has 3 aromatic rings. The first-order valence-electron chi connectivity index (χ1n) is 9.08. The van der Waals surface area contributed by atoms with Gasteiger partial charge in [-0.2, -0.15) is 10.2 Å². The molecule has 0 unspecified atom stereocenters. The van der Waals surface area contributed by atoms with Crippen molar-refractivity contribution in [2.75, 3.05) is 6.61 Å². The number of phenolic OH excluding ortho intramolecular Hbond substituents is 1. The van der Waals surface area contributed by atoms with E-state index in [9.17, 15) is 9.90 Å². The van der Waals surface area contributed by atoms with Gasteiger partial charge in [-0.3, -0.25) is 9.89 Å². The van der Waals surface area contributed by atoms with Crippen molar-refractivity contribution in [1.29, 1.82) is 0 Å². The van der Waals surface area contributed by atoms with Crippen LogP contribution in [-0.2, 0) is 0 Å². The number of aromatic hydroxyl groups is 1. The first-order valence-corrected chi connectivity index (χ1v) is 9.08. The SMILES string of the molecule is CCCCOc1ccccc1-c1cc(C(=O)NN=Cc2ccccc2O)[nH]n1. The molecule has 0 aliphatic rings. The molecule has 1 amide bonds. The van der Waals surface area contributed by atoms with Gasteiger partial charge in [-0.25, -0.2) is 5.43 Å². The van der Waals surface area contributed by atoms with Gasteiger partial charge in [-0.15, -0.1) is 0 Å². The quantitative estimate of drug-likeness (QED) is 0.316. The maximum absolute atomic E-state index is 12.3. The molecule has 0 atom stereocenters. The summed E-state index contributed by atoms with van der Waals surface area (Å²) in [5.41, 5.74) is 4.61. The molecule has 7 heteroatoms. The summed E-state index contributed by atoms with van der Waals surface area (Å²) in [6, 6.07) is 15.9. The van der Waals surface area contributed by atoms with Crippen LogP contribution in [0.4, 0.5) is 0 Å². The number of nitrogens with one attached hydrogen (secondary N) is 2. The Morgan fingerprint density at radius 2 is 2.04 bits per heavy atom. The topological polar surface area (TPSA) is 99.6 Å². The second-order valence-electron chi connectivity index (χ2n) is 6.12. The number of rotatable bonds is 8. The third kappa shape index (κ3) is 4.76. The van der Waals surface area contributed by atoms with Crippen molar-refractivity contribution in [3.63, 3.8) is 0 Å². The summed E-state index contributed by atoms with van der Waals surface area (Å²) in [6.45, 7) is 2.74. The second kappa shape index (κ2) is 9.36. The predicted molar refractivity (Wildman–Crippen MR) is 108 cm³/mol. The van der Waals surface area contributed by atoms with Crippen LogP contribution in [0, 0.1) is 0 Å². The largest absolute Gasteiger partial charge is 0.507 e. The molecule has 0 saturated carbocycles. The minimum absolute atomic E-state index is 0.0870. The van der Waals surface area contributed by atoms with Crippen molar-refractivity contribution in [3.05, 3.63) is 65.9 Å². The van der Waals surface area contributed by atoms with Gasteiger partial charge in [0, 0.05) is 11.1 Å². The van der Waals surface area contributed by atoms with E-state index < -0.39 is 5.91 Å². The third-order valence-corrected chi connectivity index (χ3v) is 4.05. The Morgan fingerprint density at radius 3 is 2.86 bits per heavy atom. The van der Waals surface area contributed by atoms with Crippen LogP contribution in [0.5, 0.6) is 11.5 Å². The average molecular weight is 378 g/mol. The summed E-state index contributed by atoms with van der Waals surface area (Å²) in [6.07, 6.45) is 3.40. The highest BCUT2D eigenvalue weighted by Crippen LogP contribution is 2.28. The number of unbranched alkanes of at least 4 members (excludes halogenated alkanes) is 1. The summed E-state index contributed by atoms with van der Waals surface area (Å²) in [5.74, 6) is 0.380. The molecule has 3 rings (SSSR count). The van der Waals surface area contributed by atoms with Crippen LogP contribution in [0.25, 0.3) is 11.3 Å². The summed E-state index contributed by atoms with van der Waals surface area (Å²) < 4.78 is 5.83. The molecular weight excluding hydrogens is 356 g/mol. The van der Waals surface area contributed by atoms with Crippen LogP contribution < -0.4 is 10.2 Å². The van der Waals surface area contributed by atoms with Gasteiger partial charge in [0.2, 0.25) is 0 Å². The Bertz CT molecular complexity index is 966. The summed E-state index contributed by atoms with van der Waals surface area (Å²) >= 11 is 0. The zero-order chi connectivity index (χ0) is 19.8. The highest BCUT2D eigenvalue weighted by atomic mass is 16.5. The number of carbonyl (C=O) groups excluding carboxylic acids is 1. The van der Waals surface area contributed by atoms with Gasteiger partial charge in [-0.05, 0) is 36.8 Å². The minimum atomic E-state index is -0.435. The molecule has 0 saturated heterocycles. The zero-order valence-corrected chi connectivity index (χ0v) is 15.6. The number of nitrogens with zero attached hydrogens (tertiary/aromatic N) is 2. The van der Waals surface area contributed by atoms with Crippen LogP contribution in [-0.4, -0.2) is 34.0 Å². The fraction of sp³-hybridized carbons (Fsp3) is 0.190. The molecule has 144 valence electrons. The van der Waals surface area contributed by atoms with Crippen molar-refractivity contribution in [1.82, 2.24) is 15.6 Å². The lowest BCUT2D eigenvalue weighted by molar-refractivity contribution is 0.0950. The van der Waals surface area contributed by atoms with Gasteiger partial charge < -0.3 is 9.84 Å². The molecule has 0 aliphatic carbocycles. The van der Waals surface area contributed by atoms with Gasteiger partial charge in [0.25, 0.3) is 5.91 Å². The molecule has 28 heavy (non-hydrogen) atoms. The number of phenols is 1. The van der Waals surface area contributed by atoms with E-state index in [1.54, 1.807) is 30.3 Å². The minimum Gasteiger partial charge on any atom is -0.507 e. The number of ether oxygens (including phenoxy) is 1. The molecule has 2 aromatic carbocycles. The molecule has 0 aliphatic heterocycles. The first-order chi connectivity index (χ1) is 13.7. The Kier molecular flexibility index (Phi) is 6.41. The molecule has 1 aromatic heterocycles. The summed E-state index contributed by atoms with van der Waals surface area (Å²) in [7, 11) is 0. The number of hydrogen-bond donors (Lipinski definition) is 3. The van der Waals surface area contributed by atoms with Gasteiger partial charge in [0.05, 0.1) is 18.5 Å². The zero-order valence-electron chi connectivity index (χ0n) is 15.6. The number of aromatic amines is 1. The predicted octanol–water partition coefficient (Wildman–Crippen LogP) is 3.73. The Labute approximate surface area is 163 Å². The fourth-order valence-corrected chi connectivity index (χ4v) is 2.52. The molecule has 3 N–H and O–H groups in total. The van der Waals surface area contributed by atoms with Crippen LogP contribution in [0.1, 0.15) is 35.8 Å².